The highest BCUT2D eigenvalue weighted by atomic mass is 35.5. The van der Waals surface area contributed by atoms with E-state index in [0.717, 1.165) is 40.4 Å². The van der Waals surface area contributed by atoms with Crippen LogP contribution in [0.3, 0.4) is 0 Å². The smallest absolute Gasteiger partial charge is 0.0977 e. The molecule has 1 unspecified atom stereocenters. The predicted molar refractivity (Wildman–Crippen MR) is 79.3 cm³/mol. The monoisotopic (exact) mass is 313 g/mol. The first-order valence-corrected chi connectivity index (χ1v) is 7.82. The van der Waals surface area contributed by atoms with Crippen molar-refractivity contribution in [1.29, 1.82) is 0 Å². The van der Waals surface area contributed by atoms with Gasteiger partial charge in [-0.05, 0) is 37.0 Å². The molecule has 5 heteroatoms. The van der Waals surface area contributed by atoms with Crippen LogP contribution in [-0.2, 0) is 12.8 Å². The van der Waals surface area contributed by atoms with Gasteiger partial charge in [0.15, 0.2) is 0 Å². The van der Waals surface area contributed by atoms with E-state index in [1.807, 2.05) is 18.2 Å². The molecule has 0 saturated heterocycles. The fourth-order valence-corrected chi connectivity index (χ4v) is 4.05. The van der Waals surface area contributed by atoms with Gasteiger partial charge in [-0.2, -0.15) is 0 Å². The minimum atomic E-state index is -0.350. The zero-order valence-electron chi connectivity index (χ0n) is 10.2. The van der Waals surface area contributed by atoms with Crippen molar-refractivity contribution in [2.75, 3.05) is 0 Å². The summed E-state index contributed by atoms with van der Waals surface area (Å²) in [4.78, 5) is 5.64. The Kier molecular flexibility index (Phi) is 3.81. The van der Waals surface area contributed by atoms with Crippen molar-refractivity contribution in [1.82, 2.24) is 4.98 Å². The zero-order chi connectivity index (χ0) is 13.4. The van der Waals surface area contributed by atoms with E-state index in [9.17, 15) is 5.11 Å². The van der Waals surface area contributed by atoms with Crippen molar-refractivity contribution in [3.63, 3.8) is 0 Å². The van der Waals surface area contributed by atoms with E-state index in [2.05, 4.69) is 4.98 Å². The molecular formula is C14H13Cl2NOS. The first-order valence-electron chi connectivity index (χ1n) is 6.24. The van der Waals surface area contributed by atoms with Crippen LogP contribution in [0.15, 0.2) is 18.2 Å². The van der Waals surface area contributed by atoms with Gasteiger partial charge in [0, 0.05) is 16.5 Å². The maximum absolute atomic E-state index is 9.97. The van der Waals surface area contributed by atoms with Crippen LogP contribution in [-0.4, -0.2) is 10.1 Å². The summed E-state index contributed by atoms with van der Waals surface area (Å²) in [6, 6.07) is 5.51. The minimum absolute atomic E-state index is 0.350. The highest BCUT2D eigenvalue weighted by Crippen LogP contribution is 2.36. The van der Waals surface area contributed by atoms with Crippen molar-refractivity contribution < 1.29 is 5.11 Å². The summed E-state index contributed by atoms with van der Waals surface area (Å²) in [5.74, 6) is 0. The molecule has 0 saturated carbocycles. The van der Waals surface area contributed by atoms with Crippen molar-refractivity contribution in [3.8, 4) is 0 Å². The maximum Gasteiger partial charge on any atom is 0.0977 e. The van der Waals surface area contributed by atoms with E-state index in [1.54, 1.807) is 11.3 Å². The highest BCUT2D eigenvalue weighted by Gasteiger charge is 2.23. The number of hydrogen-bond donors (Lipinski definition) is 1. The Bertz CT molecular complexity index is 591. The van der Waals surface area contributed by atoms with Gasteiger partial charge in [-0.3, -0.25) is 0 Å². The fraction of sp³-hybridized carbons (Fsp3) is 0.357. The molecule has 19 heavy (non-hydrogen) atoms. The average Bonchev–Trinajstić information content (AvgIpc) is 2.78. The first-order chi connectivity index (χ1) is 9.15. The summed E-state index contributed by atoms with van der Waals surface area (Å²) in [6.45, 7) is 0. The lowest BCUT2D eigenvalue weighted by atomic mass is 10.0. The first kappa shape index (κ1) is 13.4. The van der Waals surface area contributed by atoms with Gasteiger partial charge in [0.05, 0.1) is 21.7 Å². The van der Waals surface area contributed by atoms with E-state index in [4.69, 9.17) is 23.2 Å². The van der Waals surface area contributed by atoms with Crippen molar-refractivity contribution in [3.05, 3.63) is 49.4 Å². The van der Waals surface area contributed by atoms with E-state index in [0.29, 0.717) is 16.5 Å². The Morgan fingerprint density at radius 1 is 1.32 bits per heavy atom. The minimum Gasteiger partial charge on any atom is -0.388 e. The summed E-state index contributed by atoms with van der Waals surface area (Å²) in [5, 5.41) is 12.3. The van der Waals surface area contributed by atoms with Crippen molar-refractivity contribution in [2.24, 2.45) is 0 Å². The summed E-state index contributed by atoms with van der Waals surface area (Å²) in [5.41, 5.74) is 1.95. The number of hydrogen-bond acceptors (Lipinski definition) is 3. The van der Waals surface area contributed by atoms with E-state index < -0.39 is 0 Å². The van der Waals surface area contributed by atoms with Gasteiger partial charge in [-0.1, -0.05) is 29.3 Å². The largest absolute Gasteiger partial charge is 0.388 e. The molecule has 1 aliphatic carbocycles. The summed E-state index contributed by atoms with van der Waals surface area (Å²) in [6.07, 6.45) is 3.07. The second-order valence-electron chi connectivity index (χ2n) is 4.70. The normalized spacial score (nSPS) is 18.4. The summed E-state index contributed by atoms with van der Waals surface area (Å²) in [7, 11) is 0. The number of nitrogens with zero attached hydrogens (tertiary/aromatic N) is 1. The maximum atomic E-state index is 9.97. The summed E-state index contributed by atoms with van der Waals surface area (Å²) >= 11 is 13.9. The van der Waals surface area contributed by atoms with Crippen LogP contribution >= 0.6 is 34.5 Å². The molecule has 2 aromatic rings. The van der Waals surface area contributed by atoms with Gasteiger partial charge in [0.1, 0.15) is 0 Å². The number of thiazole rings is 1. The number of aliphatic hydroxyl groups is 1. The molecule has 0 aliphatic heterocycles. The van der Waals surface area contributed by atoms with Crippen LogP contribution in [0, 0.1) is 0 Å². The van der Waals surface area contributed by atoms with Crippen LogP contribution in [0.5, 0.6) is 0 Å². The molecule has 1 heterocycles. The highest BCUT2D eigenvalue weighted by molar-refractivity contribution is 7.11. The van der Waals surface area contributed by atoms with Gasteiger partial charge >= 0.3 is 0 Å². The number of benzene rings is 1. The molecule has 0 radical (unpaired) electrons. The van der Waals surface area contributed by atoms with Crippen molar-refractivity contribution >= 4 is 34.5 Å². The second kappa shape index (κ2) is 5.41. The van der Waals surface area contributed by atoms with E-state index >= 15 is 0 Å². The molecule has 100 valence electrons. The third-order valence-electron chi connectivity index (χ3n) is 3.36. The Hall–Kier alpha value is -0.610. The molecule has 0 bridgehead atoms. The average molecular weight is 314 g/mol. The topological polar surface area (TPSA) is 33.1 Å². The van der Waals surface area contributed by atoms with Gasteiger partial charge in [0.2, 0.25) is 0 Å². The Labute approximate surface area is 126 Å². The van der Waals surface area contributed by atoms with Crippen molar-refractivity contribution in [2.45, 2.75) is 31.8 Å². The Balaban J connectivity index is 1.92. The fourth-order valence-electron chi connectivity index (χ4n) is 2.38. The standard InChI is InChI=1S/C14H13Cl2NOS/c15-9-3-1-4-10(16)8(9)7-13-17-11-5-2-6-12(18)14(11)19-13/h1,3-4,12,18H,2,5-7H2. The molecule has 1 aliphatic rings. The lowest BCUT2D eigenvalue weighted by Crippen LogP contribution is -2.06. The van der Waals surface area contributed by atoms with Crippen LogP contribution in [0.4, 0.5) is 0 Å². The molecule has 0 fully saturated rings. The molecule has 1 N–H and O–H groups in total. The molecule has 2 nitrogen and oxygen atoms in total. The molecule has 1 atom stereocenters. The van der Waals surface area contributed by atoms with E-state index in [-0.39, 0.29) is 6.10 Å². The summed E-state index contributed by atoms with van der Waals surface area (Å²) < 4.78 is 0. The number of fused-ring (bicyclic) bond motifs is 1. The van der Waals surface area contributed by atoms with Gasteiger partial charge in [-0.15, -0.1) is 11.3 Å². The van der Waals surface area contributed by atoms with Crippen LogP contribution in [0.1, 0.15) is 40.1 Å². The number of halogens is 2. The number of aromatic nitrogens is 1. The number of aliphatic hydroxyl groups excluding tert-OH is 1. The molecule has 0 spiro atoms. The molecule has 1 aromatic heterocycles. The van der Waals surface area contributed by atoms with Gasteiger partial charge in [-0.25, -0.2) is 4.98 Å². The van der Waals surface area contributed by atoms with Gasteiger partial charge in [0.25, 0.3) is 0 Å². The lowest BCUT2D eigenvalue weighted by Gasteiger charge is -2.14. The second-order valence-corrected chi connectivity index (χ2v) is 6.63. The lowest BCUT2D eigenvalue weighted by molar-refractivity contribution is 0.160. The van der Waals surface area contributed by atoms with Crippen LogP contribution in [0.25, 0.3) is 0 Å². The number of rotatable bonds is 2. The molecular weight excluding hydrogens is 301 g/mol. The predicted octanol–water partition coefficient (Wildman–Crippen LogP) is 4.41. The SMILES string of the molecule is OC1CCCc2nc(Cc3c(Cl)cccc3Cl)sc21. The third-order valence-corrected chi connectivity index (χ3v) is 5.26. The zero-order valence-corrected chi connectivity index (χ0v) is 12.5. The molecule has 1 aromatic carbocycles. The Morgan fingerprint density at radius 3 is 2.74 bits per heavy atom. The molecule has 3 rings (SSSR count). The Morgan fingerprint density at radius 2 is 2.05 bits per heavy atom. The van der Waals surface area contributed by atoms with Gasteiger partial charge < -0.3 is 5.11 Å². The van der Waals surface area contributed by atoms with Crippen LogP contribution in [0.2, 0.25) is 10.0 Å². The van der Waals surface area contributed by atoms with Crippen LogP contribution < -0.4 is 0 Å². The van der Waals surface area contributed by atoms with E-state index in [1.165, 1.54) is 0 Å². The third kappa shape index (κ3) is 2.65. The number of aryl methyl sites for hydroxylation is 1. The quantitative estimate of drug-likeness (QED) is 0.890. The molecule has 0 amide bonds.